The van der Waals surface area contributed by atoms with Gasteiger partial charge in [0.1, 0.15) is 48.3 Å². The Bertz CT molecular complexity index is 4070. The molecule has 5 aromatic carbocycles. The number of hydrogen-bond acceptors (Lipinski definition) is 15. The highest BCUT2D eigenvalue weighted by molar-refractivity contribution is 6.00. The van der Waals surface area contributed by atoms with Crippen molar-refractivity contribution in [2.75, 3.05) is 32.7 Å². The minimum atomic E-state index is -1.43. The van der Waals surface area contributed by atoms with Crippen LogP contribution in [0.4, 0.5) is 0 Å². The fourth-order valence-corrected chi connectivity index (χ4v) is 13.2. The molecule has 0 spiro atoms. The predicted molar refractivity (Wildman–Crippen MR) is 408 cm³/mol. The summed E-state index contributed by atoms with van der Waals surface area (Å²) >= 11 is 0. The van der Waals surface area contributed by atoms with Gasteiger partial charge in [0.15, 0.2) is 0 Å². The van der Waals surface area contributed by atoms with Gasteiger partial charge in [-0.05, 0) is 169 Å². The molecule has 0 radical (unpaired) electrons. The highest BCUT2D eigenvalue weighted by Crippen LogP contribution is 2.30. The van der Waals surface area contributed by atoms with Crippen LogP contribution < -0.4 is 82.7 Å². The number of unbranched alkanes of at least 4 members (excludes halogenated alkanes) is 5. The summed E-state index contributed by atoms with van der Waals surface area (Å²) in [5.74, 6) is -7.37. The second-order valence-corrected chi connectivity index (χ2v) is 26.8. The quantitative estimate of drug-likeness (QED) is 0.0243. The highest BCUT2D eigenvalue weighted by Gasteiger charge is 2.39. The molecule has 0 saturated carbocycles. The maximum absolute atomic E-state index is 15.5. The van der Waals surface area contributed by atoms with Gasteiger partial charge in [0, 0.05) is 76.5 Å². The van der Waals surface area contributed by atoms with Crippen LogP contribution in [0.15, 0.2) is 152 Å². The minimum absolute atomic E-state index is 0.0233. The molecule has 0 aliphatic heterocycles. The molecule has 0 unspecified atom stereocenters. The largest absolute Gasteiger partial charge is 0.368 e. The van der Waals surface area contributed by atoms with E-state index in [-0.39, 0.29) is 58.0 Å². The van der Waals surface area contributed by atoms with Gasteiger partial charge >= 0.3 is 0 Å². The summed E-state index contributed by atoms with van der Waals surface area (Å²) in [7, 11) is 0. The minimum Gasteiger partial charge on any atom is -0.368 e. The molecule has 0 aliphatic rings. The van der Waals surface area contributed by atoms with E-state index in [9.17, 15) is 14.4 Å². The third-order valence-electron chi connectivity index (χ3n) is 19.1. The molecule has 0 saturated heterocycles. The molecular weight excluding hydrogens is 1330 g/mol. The van der Waals surface area contributed by atoms with Gasteiger partial charge in [-0.25, -0.2) is 0 Å². The lowest BCUT2D eigenvalue weighted by atomic mass is 9.84. The van der Waals surface area contributed by atoms with Crippen molar-refractivity contribution in [1.82, 2.24) is 57.5 Å². The van der Waals surface area contributed by atoms with Gasteiger partial charge in [0.05, 0.1) is 6.04 Å². The van der Waals surface area contributed by atoms with Crippen molar-refractivity contribution in [3.63, 3.8) is 0 Å². The molecule has 8 rings (SSSR count). The Morgan fingerprint density at radius 2 is 0.581 bits per heavy atom. The van der Waals surface area contributed by atoms with Gasteiger partial charge in [-0.1, -0.05) is 122 Å². The first-order valence-corrected chi connectivity index (χ1v) is 36.7. The zero-order chi connectivity index (χ0) is 75.0. The molecule has 27 nitrogen and oxygen atoms in total. The Labute approximate surface area is 612 Å². The van der Waals surface area contributed by atoms with E-state index in [4.69, 9.17) is 40.1 Å². The fourth-order valence-electron chi connectivity index (χ4n) is 13.2. The van der Waals surface area contributed by atoms with Crippen molar-refractivity contribution in [3.8, 4) is 0 Å². The van der Waals surface area contributed by atoms with E-state index in [1.165, 1.54) is 0 Å². The van der Waals surface area contributed by atoms with Crippen LogP contribution in [-0.2, 0) is 62.4 Å². The van der Waals surface area contributed by atoms with Crippen LogP contribution in [0.1, 0.15) is 130 Å². The first-order valence-electron chi connectivity index (χ1n) is 36.7. The summed E-state index contributed by atoms with van der Waals surface area (Å²) in [4.78, 5) is 143. The zero-order valence-corrected chi connectivity index (χ0v) is 59.7. The molecule has 0 bridgehead atoms. The average Bonchev–Trinajstić information content (AvgIpc) is 1.47. The Morgan fingerprint density at radius 1 is 0.305 bits per heavy atom. The summed E-state index contributed by atoms with van der Waals surface area (Å²) in [6, 6.07) is 29.1. The maximum Gasteiger partial charge on any atom is 0.244 e. The maximum atomic E-state index is 15.5. The third-order valence-corrected chi connectivity index (χ3v) is 19.1. The van der Waals surface area contributed by atoms with Gasteiger partial charge in [-0.15, -0.1) is 0 Å². The molecule has 9 amide bonds. The predicted octanol–water partition coefficient (Wildman–Crippen LogP) is 3.33. The van der Waals surface area contributed by atoms with E-state index in [0.29, 0.717) is 118 Å². The topological polar surface area (TPSA) is 479 Å². The van der Waals surface area contributed by atoms with Crippen molar-refractivity contribution in [2.45, 2.75) is 176 Å². The Morgan fingerprint density at radius 3 is 0.914 bits per heavy atom. The summed E-state index contributed by atoms with van der Waals surface area (Å²) < 4.78 is 0. The molecule has 562 valence electrons. The van der Waals surface area contributed by atoms with E-state index in [0.717, 1.165) is 32.7 Å². The molecule has 3 aromatic heterocycles. The number of carbonyl (C=O) groups excluding carboxylic acids is 9. The first kappa shape index (κ1) is 80.4. The smallest absolute Gasteiger partial charge is 0.244 e. The molecule has 9 atom stereocenters. The molecule has 105 heavy (non-hydrogen) atoms. The first-order chi connectivity index (χ1) is 50.9. The van der Waals surface area contributed by atoms with Crippen molar-refractivity contribution >= 4 is 85.9 Å². The number of aromatic nitrogens is 3. The van der Waals surface area contributed by atoms with Gasteiger partial charge in [-0.3, -0.25) is 43.2 Å². The number of rotatable bonds is 46. The summed E-state index contributed by atoms with van der Waals surface area (Å²) in [6.07, 6.45) is 10.3. The molecular formula is C78H106N18O9. The lowest BCUT2D eigenvalue weighted by Gasteiger charge is -2.31. The summed E-state index contributed by atoms with van der Waals surface area (Å²) in [5, 5.41) is 25.6. The van der Waals surface area contributed by atoms with Gasteiger partial charge < -0.3 is 97.6 Å². The Kier molecular flexibility index (Phi) is 32.1. The van der Waals surface area contributed by atoms with Crippen molar-refractivity contribution in [3.05, 3.63) is 180 Å². The van der Waals surface area contributed by atoms with Gasteiger partial charge in [0.25, 0.3) is 0 Å². The number of para-hydroxylation sites is 3. The van der Waals surface area contributed by atoms with Crippen LogP contribution in [0, 0.1) is 0 Å². The summed E-state index contributed by atoms with van der Waals surface area (Å²) in [6.45, 7) is 1.57. The van der Waals surface area contributed by atoms with Crippen molar-refractivity contribution < 1.29 is 43.2 Å². The number of nitrogens with one attached hydrogen (secondary N) is 11. The number of benzene rings is 5. The lowest BCUT2D eigenvalue weighted by Crippen LogP contribution is -2.61. The molecule has 0 aliphatic carbocycles. The number of nitrogens with two attached hydrogens (primary N) is 7. The van der Waals surface area contributed by atoms with E-state index < -0.39 is 113 Å². The fraction of sp³-hybridized carbons (Fsp3) is 0.423. The normalized spacial score (nSPS) is 14.0. The Hall–Kier alpha value is -10.3. The second kappa shape index (κ2) is 41.9. The Balaban J connectivity index is 1.11. The third kappa shape index (κ3) is 23.6. The molecule has 0 fully saturated rings. The number of fused-ring (bicyclic) bond motifs is 3. The van der Waals surface area contributed by atoms with Crippen LogP contribution in [-0.4, -0.2) is 155 Å². The molecule has 27 heteroatoms. The van der Waals surface area contributed by atoms with E-state index >= 15 is 28.8 Å². The van der Waals surface area contributed by atoms with Crippen LogP contribution in [0.3, 0.4) is 0 Å². The van der Waals surface area contributed by atoms with Gasteiger partial charge in [-0.2, -0.15) is 0 Å². The monoisotopic (exact) mass is 1440 g/mol. The molecule has 25 N–H and O–H groups in total. The van der Waals surface area contributed by atoms with Crippen molar-refractivity contribution in [1.29, 1.82) is 0 Å². The zero-order valence-electron chi connectivity index (χ0n) is 59.7. The van der Waals surface area contributed by atoms with Gasteiger partial charge in [0.2, 0.25) is 53.2 Å². The average molecular weight is 1440 g/mol. The number of amides is 9. The SMILES string of the molecule is NCCCC[C@H](NC(=O)[C@H](CCCCN)NC(=O)[C@H](Cc1c[nH]c2ccccc12)NC(=O)[C@H](Cc1c[nH]c2ccccc12)NC(=O)[C@H](CCCCN)NC(=O)[C@H](CCCCN)NC(=O)[C@H](Cc1c[nH]c2ccccc12)NC(=O)[C@@H](NC(=O)[C@@H](N)CCCCN)C(c1ccccc1)c1ccccc1)C(N)=O. The number of carbonyl (C=O) groups is 9. The molecule has 8 aromatic rings. The number of hydrogen-bond donors (Lipinski definition) is 18. The van der Waals surface area contributed by atoms with Crippen LogP contribution in [0.5, 0.6) is 0 Å². The van der Waals surface area contributed by atoms with Crippen LogP contribution >= 0.6 is 0 Å². The van der Waals surface area contributed by atoms with E-state index in [1.54, 1.807) is 18.6 Å². The second-order valence-electron chi connectivity index (χ2n) is 26.8. The summed E-state index contributed by atoms with van der Waals surface area (Å²) in [5.41, 5.74) is 47.3. The molecule has 3 heterocycles. The van der Waals surface area contributed by atoms with Crippen LogP contribution in [0.2, 0.25) is 0 Å². The van der Waals surface area contributed by atoms with E-state index in [1.807, 2.05) is 133 Å². The number of aromatic amines is 3. The van der Waals surface area contributed by atoms with E-state index in [2.05, 4.69) is 57.5 Å². The van der Waals surface area contributed by atoms with Crippen molar-refractivity contribution in [2.24, 2.45) is 40.1 Å². The number of H-pyrrole nitrogens is 3. The lowest BCUT2D eigenvalue weighted by molar-refractivity contribution is -0.136. The highest BCUT2D eigenvalue weighted by atomic mass is 16.2. The number of primary amides is 1. The standard InChI is InChI=1S/C78H106N18O9/c79-38-18-13-30-57(84)71(98)96-69(68(49-23-3-1-4-24-49)50-25-5-2-6-26-50)78(105)95-67(45-53-48-88-60-33-12-9-29-56(53)60)76(103)92-63(36-16-21-41-82)73(100)90-64(37-17-22-42-83)74(101)93-66(44-52-47-87-59-32-11-8-28-55(52)59)77(104)94-65(43-51-46-86-58-31-10-7-27-54(51)58)75(102)91-62(35-15-20-40-81)72(99)89-61(70(85)97)34-14-19-39-80/h1-12,23-29,31-33,46-48,57,61-69,86-88H,13-22,30,34-45,79-84H2,(H2,85,97)(H,89,99)(H,90,100)(H,91,102)(H,92,103)(H,93,101)(H,94,104)(H,95,105)(H,96,98)/t57-,61-,62-,63-,64-,65-,66-,67-,69-/m0/s1. The van der Waals surface area contributed by atoms with Crippen LogP contribution in [0.25, 0.3) is 32.7 Å².